The number of esters is 1. The van der Waals surface area contributed by atoms with Crippen molar-refractivity contribution < 1.29 is 9.53 Å². The number of benzene rings is 1. The van der Waals surface area contributed by atoms with Crippen LogP contribution in [-0.4, -0.2) is 24.4 Å². The minimum absolute atomic E-state index is 0.356. The molecule has 1 unspecified atom stereocenters. The molecule has 0 aromatic heterocycles. The summed E-state index contributed by atoms with van der Waals surface area (Å²) >= 11 is 7.32. The molecule has 0 spiro atoms. The first-order chi connectivity index (χ1) is 7.63. The van der Waals surface area contributed by atoms with Crippen LogP contribution >= 0.6 is 23.4 Å². The van der Waals surface area contributed by atoms with Crippen molar-refractivity contribution in [3.8, 4) is 0 Å². The molecule has 1 atom stereocenters. The Morgan fingerprint density at radius 2 is 2.38 bits per heavy atom. The van der Waals surface area contributed by atoms with Crippen LogP contribution < -0.4 is 5.73 Å². The Morgan fingerprint density at radius 3 is 3.00 bits per heavy atom. The highest BCUT2D eigenvalue weighted by molar-refractivity contribution is 7.99. The second kappa shape index (κ2) is 6.78. The van der Waals surface area contributed by atoms with Crippen LogP contribution in [0.5, 0.6) is 0 Å². The van der Waals surface area contributed by atoms with Crippen LogP contribution in [0.3, 0.4) is 0 Å². The summed E-state index contributed by atoms with van der Waals surface area (Å²) in [5.74, 6) is 0.121. The van der Waals surface area contributed by atoms with Crippen molar-refractivity contribution in [2.45, 2.75) is 17.9 Å². The molecule has 1 aromatic rings. The van der Waals surface area contributed by atoms with Crippen LogP contribution in [0.25, 0.3) is 0 Å². The number of thioether (sulfide) groups is 1. The zero-order valence-corrected chi connectivity index (χ0v) is 10.6. The molecule has 5 heteroatoms. The van der Waals surface area contributed by atoms with Gasteiger partial charge in [-0.15, -0.1) is 11.8 Å². The average Bonchev–Trinajstić information content (AvgIpc) is 2.26. The zero-order chi connectivity index (χ0) is 12.0. The standard InChI is InChI=1S/C11H14ClNO2S/c1-2-15-11(14)10(13)7-16-9-5-3-4-8(12)6-9/h3-6,10H,2,7,13H2,1H3. The Bertz CT molecular complexity index is 360. The van der Waals surface area contributed by atoms with Gasteiger partial charge in [0.05, 0.1) is 6.61 Å². The molecule has 1 rings (SSSR count). The summed E-state index contributed by atoms with van der Waals surface area (Å²) in [5, 5.41) is 0.676. The third-order valence-corrected chi connectivity index (χ3v) is 3.16. The lowest BCUT2D eigenvalue weighted by Crippen LogP contribution is -2.34. The summed E-state index contributed by atoms with van der Waals surface area (Å²) in [6.07, 6.45) is 0. The SMILES string of the molecule is CCOC(=O)C(N)CSc1cccc(Cl)c1. The van der Waals surface area contributed by atoms with Gasteiger partial charge in [-0.25, -0.2) is 0 Å². The lowest BCUT2D eigenvalue weighted by molar-refractivity contribution is -0.144. The fourth-order valence-corrected chi connectivity index (χ4v) is 2.21. The van der Waals surface area contributed by atoms with E-state index < -0.39 is 6.04 Å². The Labute approximate surface area is 104 Å². The van der Waals surface area contributed by atoms with Crippen LogP contribution in [0.2, 0.25) is 5.02 Å². The van der Waals surface area contributed by atoms with Gasteiger partial charge in [0.15, 0.2) is 0 Å². The summed E-state index contributed by atoms with van der Waals surface area (Å²) in [4.78, 5) is 12.2. The van der Waals surface area contributed by atoms with Crippen LogP contribution in [0, 0.1) is 0 Å². The molecule has 0 radical (unpaired) electrons. The summed E-state index contributed by atoms with van der Waals surface area (Å²) in [6, 6.07) is 6.83. The van der Waals surface area contributed by atoms with Gasteiger partial charge in [-0.2, -0.15) is 0 Å². The molecule has 88 valence electrons. The van der Waals surface area contributed by atoms with Crippen molar-refractivity contribution in [1.29, 1.82) is 0 Å². The Hall–Kier alpha value is -0.710. The second-order valence-electron chi connectivity index (χ2n) is 3.13. The van der Waals surface area contributed by atoms with E-state index >= 15 is 0 Å². The van der Waals surface area contributed by atoms with Crippen LogP contribution in [0.4, 0.5) is 0 Å². The molecule has 0 saturated heterocycles. The average molecular weight is 260 g/mol. The monoisotopic (exact) mass is 259 g/mol. The molecule has 0 heterocycles. The molecule has 2 N–H and O–H groups in total. The van der Waals surface area contributed by atoms with Gasteiger partial charge in [0, 0.05) is 15.7 Å². The van der Waals surface area contributed by atoms with E-state index in [0.29, 0.717) is 17.4 Å². The van der Waals surface area contributed by atoms with E-state index in [2.05, 4.69) is 0 Å². The van der Waals surface area contributed by atoms with E-state index in [1.54, 1.807) is 13.0 Å². The van der Waals surface area contributed by atoms with E-state index in [0.717, 1.165) is 4.90 Å². The number of ether oxygens (including phenoxy) is 1. The van der Waals surface area contributed by atoms with Gasteiger partial charge in [-0.3, -0.25) is 4.79 Å². The van der Waals surface area contributed by atoms with Gasteiger partial charge in [0.1, 0.15) is 6.04 Å². The van der Waals surface area contributed by atoms with Crippen molar-refractivity contribution in [3.63, 3.8) is 0 Å². The van der Waals surface area contributed by atoms with E-state index in [1.807, 2.05) is 18.2 Å². The third kappa shape index (κ3) is 4.43. The van der Waals surface area contributed by atoms with E-state index in [4.69, 9.17) is 22.1 Å². The molecule has 0 aliphatic heterocycles. The van der Waals surface area contributed by atoms with Gasteiger partial charge in [-0.1, -0.05) is 17.7 Å². The number of halogens is 1. The zero-order valence-electron chi connectivity index (χ0n) is 8.98. The fourth-order valence-electron chi connectivity index (χ4n) is 1.06. The highest BCUT2D eigenvalue weighted by atomic mass is 35.5. The normalized spacial score (nSPS) is 12.2. The lowest BCUT2D eigenvalue weighted by Gasteiger charge is -2.09. The Kier molecular flexibility index (Phi) is 5.66. The number of hydrogen-bond acceptors (Lipinski definition) is 4. The van der Waals surface area contributed by atoms with Crippen molar-refractivity contribution in [2.75, 3.05) is 12.4 Å². The second-order valence-corrected chi connectivity index (χ2v) is 4.66. The highest BCUT2D eigenvalue weighted by Gasteiger charge is 2.14. The van der Waals surface area contributed by atoms with Crippen molar-refractivity contribution in [1.82, 2.24) is 0 Å². The molecule has 16 heavy (non-hydrogen) atoms. The number of nitrogens with two attached hydrogens (primary N) is 1. The molecule has 0 saturated carbocycles. The minimum Gasteiger partial charge on any atom is -0.465 e. The van der Waals surface area contributed by atoms with Crippen molar-refractivity contribution in [3.05, 3.63) is 29.3 Å². The van der Waals surface area contributed by atoms with Crippen LogP contribution in [-0.2, 0) is 9.53 Å². The van der Waals surface area contributed by atoms with Crippen LogP contribution in [0.1, 0.15) is 6.92 Å². The summed E-state index contributed by atoms with van der Waals surface area (Å²) in [6.45, 7) is 2.11. The molecule has 0 fully saturated rings. The molecule has 1 aromatic carbocycles. The Balaban J connectivity index is 2.42. The minimum atomic E-state index is -0.594. The maximum Gasteiger partial charge on any atom is 0.323 e. The van der Waals surface area contributed by atoms with E-state index in [9.17, 15) is 4.79 Å². The maximum absolute atomic E-state index is 11.2. The fraction of sp³-hybridized carbons (Fsp3) is 0.364. The summed E-state index contributed by atoms with van der Waals surface area (Å²) in [7, 11) is 0. The van der Waals surface area contributed by atoms with Gasteiger partial charge >= 0.3 is 5.97 Å². The molecular formula is C11H14ClNO2S. The number of rotatable bonds is 5. The summed E-state index contributed by atoms with van der Waals surface area (Å²) < 4.78 is 4.81. The van der Waals surface area contributed by atoms with Gasteiger partial charge in [-0.05, 0) is 25.1 Å². The third-order valence-electron chi connectivity index (χ3n) is 1.81. The van der Waals surface area contributed by atoms with Gasteiger partial charge in [0.2, 0.25) is 0 Å². The molecule has 3 nitrogen and oxygen atoms in total. The number of carbonyl (C=O) groups is 1. The molecule has 0 bridgehead atoms. The first kappa shape index (κ1) is 13.4. The maximum atomic E-state index is 11.2. The first-order valence-corrected chi connectivity index (χ1v) is 6.30. The van der Waals surface area contributed by atoms with Crippen molar-refractivity contribution >= 4 is 29.3 Å². The molecule has 0 aliphatic carbocycles. The largest absolute Gasteiger partial charge is 0.465 e. The number of hydrogen-bond donors (Lipinski definition) is 1. The molecular weight excluding hydrogens is 246 g/mol. The Morgan fingerprint density at radius 1 is 1.62 bits per heavy atom. The van der Waals surface area contributed by atoms with Gasteiger partial charge < -0.3 is 10.5 Å². The molecule has 0 aliphatic rings. The first-order valence-electron chi connectivity index (χ1n) is 4.94. The highest BCUT2D eigenvalue weighted by Crippen LogP contribution is 2.21. The number of carbonyl (C=O) groups excluding carboxylic acids is 1. The van der Waals surface area contributed by atoms with Crippen molar-refractivity contribution in [2.24, 2.45) is 5.73 Å². The molecule has 0 amide bonds. The van der Waals surface area contributed by atoms with Gasteiger partial charge in [0.25, 0.3) is 0 Å². The quantitative estimate of drug-likeness (QED) is 0.651. The predicted molar refractivity (Wildman–Crippen MR) is 66.8 cm³/mol. The summed E-state index contributed by atoms with van der Waals surface area (Å²) in [5.41, 5.74) is 5.66. The van der Waals surface area contributed by atoms with E-state index in [1.165, 1.54) is 11.8 Å². The smallest absolute Gasteiger partial charge is 0.323 e. The predicted octanol–water partition coefficient (Wildman–Crippen LogP) is 2.32. The van der Waals surface area contributed by atoms with Crippen LogP contribution in [0.15, 0.2) is 29.2 Å². The van der Waals surface area contributed by atoms with E-state index in [-0.39, 0.29) is 5.97 Å². The topological polar surface area (TPSA) is 52.3 Å². The lowest BCUT2D eigenvalue weighted by atomic mass is 10.4.